The molecule has 1 aliphatic rings. The topological polar surface area (TPSA) is 25.3 Å². The summed E-state index contributed by atoms with van der Waals surface area (Å²) in [6.07, 6.45) is 113. The van der Waals surface area contributed by atoms with Crippen LogP contribution in [0, 0.1) is 11.8 Å². The van der Waals surface area contributed by atoms with Crippen LogP contribution < -0.4 is 0 Å². The summed E-state index contributed by atoms with van der Waals surface area (Å²) in [6, 6.07) is 17.8. The summed E-state index contributed by atoms with van der Waals surface area (Å²) in [6.45, 7) is 13.7. The van der Waals surface area contributed by atoms with E-state index in [4.69, 9.17) is 0 Å². The zero-order valence-corrected chi connectivity index (χ0v) is 75.8. The number of unbranched alkanes of at least 4 members (excludes halogenated alkanes) is 71. The van der Waals surface area contributed by atoms with Gasteiger partial charge in [-0.25, -0.2) is 4.70 Å². The summed E-state index contributed by atoms with van der Waals surface area (Å²) in [5.74, 6) is 7.30. The van der Waals surface area contributed by atoms with Gasteiger partial charge in [-0.15, -0.1) is 0 Å². The monoisotopic (exact) mass is 1550 g/mol. The van der Waals surface area contributed by atoms with Crippen molar-refractivity contribution in [3.63, 3.8) is 0 Å². The minimum atomic E-state index is 0.873. The van der Waals surface area contributed by atoms with Crippen molar-refractivity contribution in [2.45, 2.75) is 566 Å². The van der Waals surface area contributed by atoms with E-state index in [-0.39, 0.29) is 0 Å². The third-order valence-electron chi connectivity index (χ3n) is 24.1. The number of nitrogens with zero attached hydrogens (tertiary/aromatic N) is 2. The van der Waals surface area contributed by atoms with Crippen molar-refractivity contribution >= 4 is 11.4 Å². The van der Waals surface area contributed by atoms with Gasteiger partial charge in [0.25, 0.3) is 0 Å². The molecule has 0 amide bonds. The van der Waals surface area contributed by atoms with Crippen LogP contribution in [0.1, 0.15) is 565 Å². The molecule has 0 saturated carbocycles. The van der Waals surface area contributed by atoms with Crippen molar-refractivity contribution < 1.29 is 19.1 Å². The smallest absolute Gasteiger partial charge is 0.0654 e. The molecule has 0 spiro atoms. The summed E-state index contributed by atoms with van der Waals surface area (Å²) >= 11 is 2.05. The number of rotatable bonds is 83. The molecule has 2 aromatic carbocycles. The molecular weight excluding hydrogens is 1360 g/mol. The van der Waals surface area contributed by atoms with E-state index in [9.17, 15) is 5.53 Å². The van der Waals surface area contributed by atoms with Gasteiger partial charge in [0.15, 0.2) is 0 Å². The Kier molecular flexibility index (Phi) is 78.7. The average molecular weight is 1550 g/mol. The van der Waals surface area contributed by atoms with Crippen LogP contribution >= 0.6 is 0 Å². The first-order valence-electron chi connectivity index (χ1n) is 50.1. The Labute approximate surface area is 691 Å². The fraction of sp³-hybridized carbons (Fsp3) is 0.830. The van der Waals surface area contributed by atoms with E-state index in [0.29, 0.717) is 0 Å². The number of allylic oxidation sites excluding steroid dienone is 2. The van der Waals surface area contributed by atoms with E-state index in [1.807, 2.05) is 0 Å². The molecule has 0 fully saturated rings. The van der Waals surface area contributed by atoms with Gasteiger partial charge >= 0.3 is 166 Å². The summed E-state index contributed by atoms with van der Waals surface area (Å²) in [5, 5.41) is 2.87. The van der Waals surface area contributed by atoms with Gasteiger partial charge in [-0.1, -0.05) is 399 Å². The molecule has 0 atom stereocenters. The van der Waals surface area contributed by atoms with Crippen LogP contribution in [-0.2, 0) is 27.3 Å². The molecule has 0 bridgehead atoms. The van der Waals surface area contributed by atoms with Crippen molar-refractivity contribution in [2.24, 2.45) is 0 Å². The van der Waals surface area contributed by atoms with Crippen LogP contribution in [0.3, 0.4) is 0 Å². The molecule has 0 unspecified atom stereocenters. The molecule has 1 aliphatic heterocycles. The Bertz CT molecular complexity index is 2320. The Morgan fingerprint density at radius 1 is 0.248 bits per heavy atom. The van der Waals surface area contributed by atoms with Crippen LogP contribution in [0.4, 0.5) is 0 Å². The first-order chi connectivity index (χ1) is 54.1. The van der Waals surface area contributed by atoms with E-state index >= 15 is 0 Å². The van der Waals surface area contributed by atoms with Crippen LogP contribution in [0.5, 0.6) is 0 Å². The molecule has 3 heteroatoms. The first kappa shape index (κ1) is 103. The molecule has 2 aromatic rings. The Hall–Kier alpha value is -2.43. The third-order valence-corrected chi connectivity index (χ3v) is 25.5. The Morgan fingerprint density at radius 2 is 0.477 bits per heavy atom. The number of hydrogen-bond acceptors (Lipinski definition) is 0. The second-order valence-corrected chi connectivity index (χ2v) is 36.3. The van der Waals surface area contributed by atoms with Crippen LogP contribution in [0.2, 0.25) is 10.8 Å². The predicted molar refractivity (Wildman–Crippen MR) is 489 cm³/mol. The molecule has 0 aromatic heterocycles. The van der Waals surface area contributed by atoms with Gasteiger partial charge in [0, 0.05) is 23.1 Å². The summed E-state index contributed by atoms with van der Waals surface area (Å²) in [5.41, 5.74) is 21.1. The maximum atomic E-state index is 12.2. The van der Waals surface area contributed by atoms with E-state index in [0.717, 1.165) is 73.0 Å². The molecule has 0 radical (unpaired) electrons. The van der Waals surface area contributed by atoms with Gasteiger partial charge in [0.2, 0.25) is 11.4 Å². The molecule has 3 rings (SSSR count). The van der Waals surface area contributed by atoms with Crippen molar-refractivity contribution in [1.29, 1.82) is 0 Å². The predicted octanol–water partition coefficient (Wildman–Crippen LogP) is 38.4. The van der Waals surface area contributed by atoms with E-state index in [1.165, 1.54) is 501 Å². The maximum absolute atomic E-state index is 12.2. The van der Waals surface area contributed by atoms with Crippen LogP contribution in [0.15, 0.2) is 59.7 Å². The van der Waals surface area contributed by atoms with Crippen molar-refractivity contribution in [2.75, 3.05) is 0 Å². The van der Waals surface area contributed by atoms with Crippen molar-refractivity contribution in [3.05, 3.63) is 87.5 Å². The minimum absolute atomic E-state index is 0.873. The average Bonchev–Trinajstić information content (AvgIpc) is 1.61. The van der Waals surface area contributed by atoms with E-state index < -0.39 is 0 Å². The standard InChI is InChI=1S/C60H96N2.2C23H47.Ni/c1-5-9-13-14-15-16-17-18-19-20-21-22-23-24-25-26-27-28-29-30-31-32-33-34-35-36-37-40-50-58-57(49-12-8-4)59(55-47-41-45-53(51-55)43-38-10-6-2)62(61)60(58)56-48-42-46-54(52-56)44-39-11-7-3;2*1-3-5-7-9-11-13-15-17-19-21-23-22-20-18-16-14-12-10-8-6-4-2;/h41-42,45-48,51-52H,5-39,43-44,49H2,1-4H3;2*1,3-23H2,2H3;. The number of aryl methyl sites for hydroxylation is 2. The van der Waals surface area contributed by atoms with Crippen LogP contribution in [0.25, 0.3) is 16.9 Å². The number of benzene rings is 2. The molecule has 1 heterocycles. The van der Waals surface area contributed by atoms with Gasteiger partial charge in [-0.3, -0.25) is 0 Å². The summed E-state index contributed by atoms with van der Waals surface area (Å²) in [4.78, 5) is 0. The molecule has 0 aliphatic carbocycles. The summed E-state index contributed by atoms with van der Waals surface area (Å²) in [7, 11) is 0. The van der Waals surface area contributed by atoms with Crippen LogP contribution in [-0.4, -0.2) is 4.70 Å². The van der Waals surface area contributed by atoms with Gasteiger partial charge in [-0.05, 0) is 80.3 Å². The van der Waals surface area contributed by atoms with Gasteiger partial charge in [0.1, 0.15) is 5.57 Å². The van der Waals surface area contributed by atoms with Gasteiger partial charge in [-0.2, -0.15) is 0 Å². The molecule has 2 nitrogen and oxygen atoms in total. The van der Waals surface area contributed by atoms with Gasteiger partial charge in [0.05, 0.1) is 0 Å². The second kappa shape index (κ2) is 83.5. The van der Waals surface area contributed by atoms with Crippen molar-refractivity contribution in [1.82, 2.24) is 0 Å². The zero-order valence-electron chi connectivity index (χ0n) is 74.8. The minimum Gasteiger partial charge on any atom is -0.0654 e. The molecule has 109 heavy (non-hydrogen) atoms. The molecular formula is C106H190N2Ni. The fourth-order valence-corrected chi connectivity index (χ4v) is 18.0. The van der Waals surface area contributed by atoms with E-state index in [2.05, 4.69) is 116 Å². The fourth-order valence-electron chi connectivity index (χ4n) is 16.7. The Balaban J connectivity index is 0.000000771. The second-order valence-electron chi connectivity index (χ2n) is 34.8. The Morgan fingerprint density at radius 3 is 0.743 bits per heavy atom. The SMILES string of the molecule is CCCCCCCCCCCCCCCCCCCCCCCCCCCCC#CC1=C(c2cccc(CCCCC)c2)[N+](=[N-])C(c2cccc(CCCCC)c2)=C1CCCC.CCCCCCCCCCCCCCCCCCCCCC[CH2][Ni][CH2]CCCCCCCCCCCCCCCCCCCCCC. The first-order valence-corrected chi connectivity index (χ1v) is 51.5. The molecule has 634 valence electrons. The molecule has 0 saturated heterocycles. The third kappa shape index (κ3) is 63.5. The molecule has 0 N–H and O–H groups in total. The van der Waals surface area contributed by atoms with E-state index in [1.54, 1.807) is 0 Å². The zero-order chi connectivity index (χ0) is 78.0. The number of hydrogen-bond donors (Lipinski definition) is 0. The normalized spacial score (nSPS) is 12.3. The van der Waals surface area contributed by atoms with Crippen molar-refractivity contribution in [3.8, 4) is 11.8 Å². The van der Waals surface area contributed by atoms with Gasteiger partial charge < -0.3 is 5.53 Å². The summed E-state index contributed by atoms with van der Waals surface area (Å²) < 4.78 is 1.51. The quantitative estimate of drug-likeness (QED) is 0.0273.